The molecular weight excluding hydrogens is 248 g/mol. The van der Waals surface area contributed by atoms with Crippen molar-refractivity contribution in [2.45, 2.75) is 63.8 Å². The second kappa shape index (κ2) is 7.32. The van der Waals surface area contributed by atoms with Crippen molar-refractivity contribution in [3.63, 3.8) is 0 Å². The molecule has 1 saturated carbocycles. The van der Waals surface area contributed by atoms with Gasteiger partial charge in [0.05, 0.1) is 5.92 Å². The van der Waals surface area contributed by atoms with Crippen LogP contribution in [0.15, 0.2) is 24.3 Å². The van der Waals surface area contributed by atoms with Gasteiger partial charge >= 0.3 is 0 Å². The minimum absolute atomic E-state index is 0.0393. The van der Waals surface area contributed by atoms with Crippen molar-refractivity contribution in [3.05, 3.63) is 29.8 Å². The highest BCUT2D eigenvalue weighted by molar-refractivity contribution is 5.84. The van der Waals surface area contributed by atoms with E-state index in [0.717, 1.165) is 36.9 Å². The fourth-order valence-corrected chi connectivity index (χ4v) is 3.01. The fourth-order valence-electron chi connectivity index (χ4n) is 3.01. The summed E-state index contributed by atoms with van der Waals surface area (Å²) in [5.74, 6) is 0.144. The van der Waals surface area contributed by atoms with E-state index < -0.39 is 0 Å². The lowest BCUT2D eigenvalue weighted by Crippen LogP contribution is -2.39. The maximum atomic E-state index is 12.5. The van der Waals surface area contributed by atoms with E-state index in [9.17, 15) is 4.79 Å². The van der Waals surface area contributed by atoms with Crippen LogP contribution in [0.25, 0.3) is 0 Å². The molecule has 0 saturated heterocycles. The van der Waals surface area contributed by atoms with E-state index in [4.69, 9.17) is 5.73 Å². The van der Waals surface area contributed by atoms with E-state index in [2.05, 4.69) is 12.2 Å². The second-order valence-electron chi connectivity index (χ2n) is 5.85. The van der Waals surface area contributed by atoms with Gasteiger partial charge in [0.1, 0.15) is 0 Å². The van der Waals surface area contributed by atoms with E-state index >= 15 is 0 Å². The van der Waals surface area contributed by atoms with Crippen LogP contribution in [0.4, 0.5) is 5.69 Å². The normalized spacial score (nSPS) is 17.6. The van der Waals surface area contributed by atoms with Gasteiger partial charge in [-0.1, -0.05) is 44.7 Å². The van der Waals surface area contributed by atoms with Crippen LogP contribution in [0.1, 0.15) is 63.4 Å². The first kappa shape index (κ1) is 14.9. The molecule has 1 aromatic rings. The van der Waals surface area contributed by atoms with E-state index in [0.29, 0.717) is 6.04 Å². The average molecular weight is 274 g/mol. The number of rotatable bonds is 5. The molecule has 0 heterocycles. The SMILES string of the molecule is CCCC(C(=O)NC1CCCCC1)c1ccc(N)cc1. The van der Waals surface area contributed by atoms with Crippen molar-refractivity contribution in [1.82, 2.24) is 5.32 Å². The van der Waals surface area contributed by atoms with Crippen LogP contribution in [0.3, 0.4) is 0 Å². The van der Waals surface area contributed by atoms with Crippen LogP contribution in [0, 0.1) is 0 Å². The molecule has 1 aromatic carbocycles. The van der Waals surface area contributed by atoms with Crippen LogP contribution in [-0.4, -0.2) is 11.9 Å². The van der Waals surface area contributed by atoms with Crippen molar-refractivity contribution in [2.75, 3.05) is 5.73 Å². The first-order valence-electron chi connectivity index (χ1n) is 7.86. The highest BCUT2D eigenvalue weighted by atomic mass is 16.1. The number of amides is 1. The highest BCUT2D eigenvalue weighted by Crippen LogP contribution is 2.24. The lowest BCUT2D eigenvalue weighted by Gasteiger charge is -2.25. The average Bonchev–Trinajstić information content (AvgIpc) is 2.47. The largest absolute Gasteiger partial charge is 0.399 e. The van der Waals surface area contributed by atoms with E-state index in [1.807, 2.05) is 24.3 Å². The Bertz CT molecular complexity index is 421. The lowest BCUT2D eigenvalue weighted by molar-refractivity contribution is -0.123. The van der Waals surface area contributed by atoms with Gasteiger partial charge in [-0.2, -0.15) is 0 Å². The Balaban J connectivity index is 2.02. The van der Waals surface area contributed by atoms with Gasteiger partial charge < -0.3 is 11.1 Å². The van der Waals surface area contributed by atoms with Gasteiger partial charge in [0.15, 0.2) is 0 Å². The molecular formula is C17H26N2O. The van der Waals surface area contributed by atoms with Crippen LogP contribution < -0.4 is 11.1 Å². The summed E-state index contributed by atoms with van der Waals surface area (Å²) >= 11 is 0. The number of nitrogen functional groups attached to an aromatic ring is 1. The monoisotopic (exact) mass is 274 g/mol. The molecule has 0 bridgehead atoms. The fraction of sp³-hybridized carbons (Fsp3) is 0.588. The summed E-state index contributed by atoms with van der Waals surface area (Å²) in [6.45, 7) is 2.12. The Morgan fingerprint density at radius 3 is 2.50 bits per heavy atom. The third-order valence-corrected chi connectivity index (χ3v) is 4.18. The summed E-state index contributed by atoms with van der Waals surface area (Å²) in [4.78, 5) is 12.5. The number of nitrogens with two attached hydrogens (primary N) is 1. The number of hydrogen-bond donors (Lipinski definition) is 2. The summed E-state index contributed by atoms with van der Waals surface area (Å²) in [5.41, 5.74) is 7.55. The molecule has 1 fully saturated rings. The van der Waals surface area contributed by atoms with Crippen molar-refractivity contribution in [3.8, 4) is 0 Å². The van der Waals surface area contributed by atoms with Crippen molar-refractivity contribution in [2.24, 2.45) is 0 Å². The van der Waals surface area contributed by atoms with E-state index in [1.54, 1.807) is 0 Å². The Labute approximate surface area is 121 Å². The summed E-state index contributed by atoms with van der Waals surface area (Å²) in [7, 11) is 0. The zero-order valence-electron chi connectivity index (χ0n) is 12.4. The topological polar surface area (TPSA) is 55.1 Å². The lowest BCUT2D eigenvalue weighted by atomic mass is 9.91. The smallest absolute Gasteiger partial charge is 0.227 e. The van der Waals surface area contributed by atoms with Gasteiger partial charge in [0.2, 0.25) is 5.91 Å². The standard InChI is InChI=1S/C17H26N2O/c1-2-6-16(13-9-11-14(18)12-10-13)17(20)19-15-7-4-3-5-8-15/h9-12,15-16H,2-8,18H2,1H3,(H,19,20). The molecule has 0 spiro atoms. The minimum Gasteiger partial charge on any atom is -0.399 e. The van der Waals surface area contributed by atoms with Crippen LogP contribution in [0.5, 0.6) is 0 Å². The number of carbonyl (C=O) groups is 1. The molecule has 1 aliphatic carbocycles. The molecule has 1 aliphatic rings. The quantitative estimate of drug-likeness (QED) is 0.806. The van der Waals surface area contributed by atoms with Gasteiger partial charge in [0.25, 0.3) is 0 Å². The maximum absolute atomic E-state index is 12.5. The summed E-state index contributed by atoms with van der Waals surface area (Å²) in [6.07, 6.45) is 7.95. The number of anilines is 1. The molecule has 110 valence electrons. The minimum atomic E-state index is -0.0393. The number of carbonyl (C=O) groups excluding carboxylic acids is 1. The molecule has 0 aromatic heterocycles. The number of nitrogens with one attached hydrogen (secondary N) is 1. The predicted octanol–water partition coefficient (Wildman–Crippen LogP) is 3.60. The number of benzene rings is 1. The third kappa shape index (κ3) is 3.99. The molecule has 3 nitrogen and oxygen atoms in total. The van der Waals surface area contributed by atoms with Gasteiger partial charge in [-0.3, -0.25) is 4.79 Å². The predicted molar refractivity (Wildman–Crippen MR) is 83.5 cm³/mol. The van der Waals surface area contributed by atoms with Gasteiger partial charge in [-0.25, -0.2) is 0 Å². The van der Waals surface area contributed by atoms with E-state index in [1.165, 1.54) is 19.3 Å². The first-order chi connectivity index (χ1) is 9.70. The first-order valence-corrected chi connectivity index (χ1v) is 7.86. The van der Waals surface area contributed by atoms with Crippen molar-refractivity contribution >= 4 is 11.6 Å². The molecule has 0 aliphatic heterocycles. The summed E-state index contributed by atoms with van der Waals surface area (Å²) < 4.78 is 0. The second-order valence-corrected chi connectivity index (χ2v) is 5.85. The van der Waals surface area contributed by atoms with Gasteiger partial charge in [0, 0.05) is 11.7 Å². The van der Waals surface area contributed by atoms with Crippen LogP contribution in [-0.2, 0) is 4.79 Å². The van der Waals surface area contributed by atoms with Crippen LogP contribution >= 0.6 is 0 Å². The molecule has 1 atom stereocenters. The summed E-state index contributed by atoms with van der Waals surface area (Å²) in [5, 5.41) is 3.25. The van der Waals surface area contributed by atoms with Crippen molar-refractivity contribution < 1.29 is 4.79 Å². The van der Waals surface area contributed by atoms with E-state index in [-0.39, 0.29) is 11.8 Å². The highest BCUT2D eigenvalue weighted by Gasteiger charge is 2.23. The van der Waals surface area contributed by atoms with Crippen LogP contribution in [0.2, 0.25) is 0 Å². The van der Waals surface area contributed by atoms with Gasteiger partial charge in [-0.05, 0) is 37.0 Å². The Kier molecular flexibility index (Phi) is 5.45. The maximum Gasteiger partial charge on any atom is 0.227 e. The molecule has 1 unspecified atom stereocenters. The molecule has 1 amide bonds. The molecule has 0 radical (unpaired) electrons. The summed E-state index contributed by atoms with van der Waals surface area (Å²) in [6, 6.07) is 8.11. The zero-order chi connectivity index (χ0) is 14.4. The third-order valence-electron chi connectivity index (χ3n) is 4.18. The molecule has 3 N–H and O–H groups in total. The molecule has 3 heteroatoms. The Morgan fingerprint density at radius 2 is 1.90 bits per heavy atom. The molecule has 2 rings (SSSR count). The zero-order valence-corrected chi connectivity index (χ0v) is 12.4. The number of hydrogen-bond acceptors (Lipinski definition) is 2. The molecule has 20 heavy (non-hydrogen) atoms. The van der Waals surface area contributed by atoms with Crippen molar-refractivity contribution in [1.29, 1.82) is 0 Å². The Morgan fingerprint density at radius 1 is 1.25 bits per heavy atom. The Hall–Kier alpha value is -1.51. The van der Waals surface area contributed by atoms with Gasteiger partial charge in [-0.15, -0.1) is 0 Å².